The van der Waals surface area contributed by atoms with Crippen molar-refractivity contribution in [2.45, 2.75) is 54.2 Å². The van der Waals surface area contributed by atoms with Gasteiger partial charge in [-0.1, -0.05) is 31.9 Å². The molecule has 2 aliphatic heterocycles. The highest BCUT2D eigenvalue weighted by atomic mass is 79.9. The standard InChI is InChI=1S/C10H16Br2O2/c1-8(2)6-7(11)10(14-8)9(3,12)4-5-13-10/h7H,4-6H2,1-3H3/t7-,9+,10-/m0/s1. The normalized spacial score (nSPS) is 51.6. The Morgan fingerprint density at radius 2 is 1.93 bits per heavy atom. The van der Waals surface area contributed by atoms with Crippen molar-refractivity contribution >= 4 is 31.9 Å². The van der Waals surface area contributed by atoms with Crippen molar-refractivity contribution in [3.63, 3.8) is 0 Å². The summed E-state index contributed by atoms with van der Waals surface area (Å²) in [5.74, 6) is -0.490. The van der Waals surface area contributed by atoms with E-state index in [1.807, 2.05) is 0 Å². The average molecular weight is 328 g/mol. The maximum absolute atomic E-state index is 6.11. The molecule has 3 atom stereocenters. The lowest BCUT2D eigenvalue weighted by atomic mass is 9.96. The van der Waals surface area contributed by atoms with E-state index in [1.54, 1.807) is 0 Å². The lowest BCUT2D eigenvalue weighted by molar-refractivity contribution is -0.225. The zero-order valence-corrected chi connectivity index (χ0v) is 11.9. The molecule has 0 aliphatic carbocycles. The minimum atomic E-state index is -0.490. The van der Waals surface area contributed by atoms with Crippen molar-refractivity contribution in [3.8, 4) is 0 Å². The molecule has 0 aromatic carbocycles. The highest BCUT2D eigenvalue weighted by Gasteiger charge is 2.64. The molecule has 0 bridgehead atoms. The van der Waals surface area contributed by atoms with Crippen molar-refractivity contribution in [2.24, 2.45) is 0 Å². The first kappa shape index (κ1) is 11.4. The van der Waals surface area contributed by atoms with Gasteiger partial charge in [-0.3, -0.25) is 0 Å². The van der Waals surface area contributed by atoms with Gasteiger partial charge in [0.15, 0.2) is 5.79 Å². The lowest BCUT2D eigenvalue weighted by Gasteiger charge is -2.37. The van der Waals surface area contributed by atoms with Gasteiger partial charge in [-0.2, -0.15) is 0 Å². The van der Waals surface area contributed by atoms with E-state index in [2.05, 4.69) is 52.6 Å². The fourth-order valence-corrected chi connectivity index (χ4v) is 4.81. The Morgan fingerprint density at radius 1 is 1.29 bits per heavy atom. The quantitative estimate of drug-likeness (QED) is 0.636. The second-order valence-electron chi connectivity index (χ2n) is 5.00. The van der Waals surface area contributed by atoms with Crippen molar-refractivity contribution in [1.82, 2.24) is 0 Å². The number of hydrogen-bond donors (Lipinski definition) is 0. The van der Waals surface area contributed by atoms with Gasteiger partial charge in [0.1, 0.15) is 0 Å². The highest BCUT2D eigenvalue weighted by molar-refractivity contribution is 9.10. The molecule has 0 amide bonds. The van der Waals surface area contributed by atoms with Crippen LogP contribution in [0.4, 0.5) is 0 Å². The van der Waals surface area contributed by atoms with E-state index in [4.69, 9.17) is 9.47 Å². The Kier molecular flexibility index (Phi) is 2.59. The molecule has 14 heavy (non-hydrogen) atoms. The van der Waals surface area contributed by atoms with E-state index < -0.39 is 5.79 Å². The second kappa shape index (κ2) is 3.19. The largest absolute Gasteiger partial charge is 0.347 e. The maximum Gasteiger partial charge on any atom is 0.196 e. The van der Waals surface area contributed by atoms with Crippen LogP contribution in [0.2, 0.25) is 0 Å². The van der Waals surface area contributed by atoms with Crippen LogP contribution < -0.4 is 0 Å². The Morgan fingerprint density at radius 3 is 2.29 bits per heavy atom. The zero-order valence-electron chi connectivity index (χ0n) is 8.77. The summed E-state index contributed by atoms with van der Waals surface area (Å²) in [7, 11) is 0. The third kappa shape index (κ3) is 1.49. The van der Waals surface area contributed by atoms with E-state index in [0.717, 1.165) is 19.4 Å². The summed E-state index contributed by atoms with van der Waals surface area (Å²) in [5.41, 5.74) is -0.104. The fourth-order valence-electron chi connectivity index (χ4n) is 2.35. The zero-order chi connectivity index (χ0) is 10.6. The molecule has 4 heteroatoms. The molecule has 0 N–H and O–H groups in total. The third-order valence-electron chi connectivity index (χ3n) is 3.13. The Balaban J connectivity index is 2.33. The minimum absolute atomic E-state index is 0.0814. The minimum Gasteiger partial charge on any atom is -0.347 e. The van der Waals surface area contributed by atoms with Crippen LogP contribution in [0.15, 0.2) is 0 Å². The Bertz CT molecular complexity index is 253. The molecule has 2 fully saturated rings. The van der Waals surface area contributed by atoms with Gasteiger partial charge >= 0.3 is 0 Å². The van der Waals surface area contributed by atoms with Gasteiger partial charge in [-0.25, -0.2) is 0 Å². The molecule has 0 saturated carbocycles. The molecule has 82 valence electrons. The maximum atomic E-state index is 6.11. The van der Waals surface area contributed by atoms with E-state index in [0.29, 0.717) is 0 Å². The summed E-state index contributed by atoms with van der Waals surface area (Å²) < 4.78 is 11.9. The monoisotopic (exact) mass is 326 g/mol. The molecular formula is C10H16Br2O2. The lowest BCUT2D eigenvalue weighted by Crippen LogP contribution is -2.50. The molecule has 0 aromatic rings. The van der Waals surface area contributed by atoms with Crippen LogP contribution >= 0.6 is 31.9 Å². The summed E-state index contributed by atoms with van der Waals surface area (Å²) in [4.78, 5) is 0.261. The predicted octanol–water partition coefficient (Wildman–Crippen LogP) is 3.22. The van der Waals surface area contributed by atoms with Gasteiger partial charge in [-0.15, -0.1) is 0 Å². The molecule has 0 unspecified atom stereocenters. The SMILES string of the molecule is CC1(C)C[C@H](Br)[C@]2(OCC[C@@]2(C)Br)O1. The van der Waals surface area contributed by atoms with E-state index >= 15 is 0 Å². The molecule has 2 nitrogen and oxygen atoms in total. The number of rotatable bonds is 0. The van der Waals surface area contributed by atoms with E-state index in [-0.39, 0.29) is 14.8 Å². The summed E-state index contributed by atoms with van der Waals surface area (Å²) in [6, 6.07) is 0. The van der Waals surface area contributed by atoms with Crippen LogP contribution in [0, 0.1) is 0 Å². The van der Waals surface area contributed by atoms with E-state index in [1.165, 1.54) is 0 Å². The average Bonchev–Trinajstić information content (AvgIpc) is 2.36. The Labute approximate surface area is 102 Å². The van der Waals surface area contributed by atoms with Gasteiger partial charge < -0.3 is 9.47 Å². The molecule has 0 aromatic heterocycles. The van der Waals surface area contributed by atoms with Crippen molar-refractivity contribution in [1.29, 1.82) is 0 Å². The van der Waals surface area contributed by atoms with Crippen molar-refractivity contribution in [2.75, 3.05) is 6.61 Å². The van der Waals surface area contributed by atoms with Crippen molar-refractivity contribution in [3.05, 3.63) is 0 Å². The van der Waals surface area contributed by atoms with Crippen LogP contribution in [0.5, 0.6) is 0 Å². The molecule has 2 rings (SSSR count). The topological polar surface area (TPSA) is 18.5 Å². The smallest absolute Gasteiger partial charge is 0.196 e. The number of hydrogen-bond acceptors (Lipinski definition) is 2. The highest BCUT2D eigenvalue weighted by Crippen LogP contribution is 2.55. The van der Waals surface area contributed by atoms with Gasteiger partial charge in [0, 0.05) is 0 Å². The summed E-state index contributed by atoms with van der Waals surface area (Å²) in [6.07, 6.45) is 1.97. The van der Waals surface area contributed by atoms with Gasteiger partial charge in [-0.05, 0) is 33.6 Å². The first-order valence-electron chi connectivity index (χ1n) is 4.96. The number of ether oxygens (including phenoxy) is 2. The Hall–Kier alpha value is 0.880. The second-order valence-corrected chi connectivity index (χ2v) is 7.85. The van der Waals surface area contributed by atoms with Gasteiger partial charge in [0.05, 0.1) is 21.4 Å². The molecule has 2 saturated heterocycles. The molecule has 1 spiro atoms. The number of alkyl halides is 2. The molecule has 2 aliphatic rings. The van der Waals surface area contributed by atoms with Crippen LogP contribution in [0.25, 0.3) is 0 Å². The number of halogens is 2. The first-order valence-corrected chi connectivity index (χ1v) is 6.67. The van der Waals surface area contributed by atoms with Crippen LogP contribution in [-0.2, 0) is 9.47 Å². The summed E-state index contributed by atoms with van der Waals surface area (Å²) >= 11 is 7.43. The molecule has 0 radical (unpaired) electrons. The summed E-state index contributed by atoms with van der Waals surface area (Å²) in [6.45, 7) is 7.14. The van der Waals surface area contributed by atoms with Gasteiger partial charge in [0.2, 0.25) is 0 Å². The van der Waals surface area contributed by atoms with Crippen LogP contribution in [0.3, 0.4) is 0 Å². The first-order chi connectivity index (χ1) is 6.29. The third-order valence-corrected chi connectivity index (χ3v) is 5.00. The summed E-state index contributed by atoms with van der Waals surface area (Å²) in [5, 5.41) is 0. The van der Waals surface area contributed by atoms with Crippen LogP contribution in [-0.4, -0.2) is 27.1 Å². The molecule has 2 heterocycles. The van der Waals surface area contributed by atoms with Gasteiger partial charge in [0.25, 0.3) is 0 Å². The van der Waals surface area contributed by atoms with E-state index in [9.17, 15) is 0 Å². The fraction of sp³-hybridized carbons (Fsp3) is 1.00. The molecular weight excluding hydrogens is 312 g/mol. The van der Waals surface area contributed by atoms with Crippen LogP contribution in [0.1, 0.15) is 33.6 Å². The van der Waals surface area contributed by atoms with Crippen molar-refractivity contribution < 1.29 is 9.47 Å². The predicted molar refractivity (Wildman–Crippen MR) is 63.1 cm³/mol.